The summed E-state index contributed by atoms with van der Waals surface area (Å²) in [6.45, 7) is 4.71. The van der Waals surface area contributed by atoms with Gasteiger partial charge in [-0.1, -0.05) is 26.2 Å². The van der Waals surface area contributed by atoms with Crippen molar-refractivity contribution in [1.29, 1.82) is 0 Å². The maximum Gasteiger partial charge on any atom is 0.0700 e. The van der Waals surface area contributed by atoms with Gasteiger partial charge < -0.3 is 9.47 Å². The maximum absolute atomic E-state index is 5.46. The highest BCUT2D eigenvalue weighted by Crippen LogP contribution is 2.35. The van der Waals surface area contributed by atoms with Crippen molar-refractivity contribution in [3.05, 3.63) is 0 Å². The third kappa shape index (κ3) is 5.53. The number of methoxy groups -OCH3 is 1. The van der Waals surface area contributed by atoms with Crippen molar-refractivity contribution in [2.75, 3.05) is 26.9 Å². The summed E-state index contributed by atoms with van der Waals surface area (Å²) >= 11 is 0. The second-order valence-corrected chi connectivity index (χ2v) is 4.70. The lowest BCUT2D eigenvalue weighted by Gasteiger charge is -2.10. The van der Waals surface area contributed by atoms with Gasteiger partial charge >= 0.3 is 0 Å². The van der Waals surface area contributed by atoms with Gasteiger partial charge in [-0.05, 0) is 31.1 Å². The molecule has 15 heavy (non-hydrogen) atoms. The van der Waals surface area contributed by atoms with Crippen LogP contribution in [0.2, 0.25) is 0 Å². The van der Waals surface area contributed by atoms with Crippen LogP contribution in [0.5, 0.6) is 0 Å². The number of rotatable bonds is 8. The van der Waals surface area contributed by atoms with Gasteiger partial charge in [0.2, 0.25) is 0 Å². The lowest BCUT2D eigenvalue weighted by molar-refractivity contribution is 0.0672. The molecule has 0 aromatic rings. The summed E-state index contributed by atoms with van der Waals surface area (Å²) in [7, 11) is 1.72. The van der Waals surface area contributed by atoms with Crippen LogP contribution in [0.1, 0.15) is 45.4 Å². The minimum Gasteiger partial charge on any atom is -0.382 e. The molecule has 0 bridgehead atoms. The molecule has 0 spiro atoms. The van der Waals surface area contributed by atoms with Crippen LogP contribution in [0.3, 0.4) is 0 Å². The second-order valence-electron chi connectivity index (χ2n) is 4.70. The number of hydrogen-bond donors (Lipinski definition) is 0. The van der Waals surface area contributed by atoms with E-state index in [0.717, 1.165) is 31.7 Å². The Balaban J connectivity index is 1.88. The zero-order valence-electron chi connectivity index (χ0n) is 10.3. The van der Waals surface area contributed by atoms with Crippen LogP contribution < -0.4 is 0 Å². The molecule has 0 aromatic carbocycles. The minimum absolute atomic E-state index is 0.724. The Labute approximate surface area is 94.3 Å². The standard InChI is InChI=1S/C13H26O2/c1-3-12-6-7-13(11-12)5-4-8-15-10-9-14-2/h12-13H,3-11H2,1-2H3. The van der Waals surface area contributed by atoms with Crippen LogP contribution in [0.25, 0.3) is 0 Å². The van der Waals surface area contributed by atoms with Gasteiger partial charge in [-0.2, -0.15) is 0 Å². The summed E-state index contributed by atoms with van der Waals surface area (Å²) in [5, 5.41) is 0. The molecule has 2 atom stereocenters. The first-order chi connectivity index (χ1) is 7.36. The predicted octanol–water partition coefficient (Wildman–Crippen LogP) is 3.26. The Hall–Kier alpha value is -0.0800. The molecule has 1 aliphatic carbocycles. The van der Waals surface area contributed by atoms with Gasteiger partial charge in [0.1, 0.15) is 0 Å². The minimum atomic E-state index is 0.724. The molecule has 90 valence electrons. The first-order valence-corrected chi connectivity index (χ1v) is 6.43. The van der Waals surface area contributed by atoms with E-state index in [9.17, 15) is 0 Å². The van der Waals surface area contributed by atoms with E-state index < -0.39 is 0 Å². The van der Waals surface area contributed by atoms with Crippen molar-refractivity contribution in [3.63, 3.8) is 0 Å². The van der Waals surface area contributed by atoms with E-state index in [1.165, 1.54) is 38.5 Å². The first-order valence-electron chi connectivity index (χ1n) is 6.43. The van der Waals surface area contributed by atoms with Crippen molar-refractivity contribution in [3.8, 4) is 0 Å². The fraction of sp³-hybridized carbons (Fsp3) is 1.00. The highest BCUT2D eigenvalue weighted by Gasteiger charge is 2.22. The zero-order chi connectivity index (χ0) is 10.9. The van der Waals surface area contributed by atoms with Crippen LogP contribution in [-0.2, 0) is 9.47 Å². The molecule has 1 fully saturated rings. The maximum atomic E-state index is 5.46. The van der Waals surface area contributed by atoms with E-state index in [4.69, 9.17) is 9.47 Å². The Morgan fingerprint density at radius 2 is 1.87 bits per heavy atom. The summed E-state index contributed by atoms with van der Waals surface area (Å²) in [4.78, 5) is 0. The summed E-state index contributed by atoms with van der Waals surface area (Å²) in [6.07, 6.45) is 8.35. The van der Waals surface area contributed by atoms with Gasteiger partial charge in [-0.15, -0.1) is 0 Å². The molecule has 0 saturated heterocycles. The van der Waals surface area contributed by atoms with Gasteiger partial charge in [-0.3, -0.25) is 0 Å². The smallest absolute Gasteiger partial charge is 0.0700 e. The molecule has 0 heterocycles. The topological polar surface area (TPSA) is 18.5 Å². The fourth-order valence-corrected chi connectivity index (χ4v) is 2.53. The first kappa shape index (κ1) is 13.0. The SMILES string of the molecule is CCC1CCC(CCCOCCOC)C1. The fourth-order valence-electron chi connectivity index (χ4n) is 2.53. The van der Waals surface area contributed by atoms with Crippen molar-refractivity contribution >= 4 is 0 Å². The number of hydrogen-bond acceptors (Lipinski definition) is 2. The van der Waals surface area contributed by atoms with E-state index in [2.05, 4.69) is 6.92 Å². The van der Waals surface area contributed by atoms with E-state index in [1.54, 1.807) is 7.11 Å². The van der Waals surface area contributed by atoms with E-state index >= 15 is 0 Å². The molecule has 0 N–H and O–H groups in total. The molecule has 2 nitrogen and oxygen atoms in total. The van der Waals surface area contributed by atoms with E-state index in [-0.39, 0.29) is 0 Å². The van der Waals surface area contributed by atoms with Crippen LogP contribution in [-0.4, -0.2) is 26.9 Å². The molecule has 1 aliphatic rings. The summed E-state index contributed by atoms with van der Waals surface area (Å²) in [6, 6.07) is 0. The molecule has 0 amide bonds. The van der Waals surface area contributed by atoms with Gasteiger partial charge in [-0.25, -0.2) is 0 Å². The van der Waals surface area contributed by atoms with Crippen LogP contribution in [0, 0.1) is 11.8 Å². The molecule has 1 saturated carbocycles. The number of ether oxygens (including phenoxy) is 2. The van der Waals surface area contributed by atoms with E-state index in [1.807, 2.05) is 0 Å². The van der Waals surface area contributed by atoms with Gasteiger partial charge in [0, 0.05) is 13.7 Å². The molecule has 0 aromatic heterocycles. The largest absolute Gasteiger partial charge is 0.382 e. The Kier molecular flexibility index (Phi) is 7.03. The molecule has 2 heteroatoms. The van der Waals surface area contributed by atoms with Crippen LogP contribution in [0.15, 0.2) is 0 Å². The Bertz CT molecular complexity index is 147. The highest BCUT2D eigenvalue weighted by molar-refractivity contribution is 4.74. The third-order valence-electron chi connectivity index (χ3n) is 3.56. The molecular weight excluding hydrogens is 188 g/mol. The second kappa shape index (κ2) is 8.12. The molecule has 0 radical (unpaired) electrons. The van der Waals surface area contributed by atoms with Gasteiger partial charge in [0.05, 0.1) is 13.2 Å². The average molecular weight is 214 g/mol. The monoisotopic (exact) mass is 214 g/mol. The normalized spacial score (nSPS) is 26.0. The van der Waals surface area contributed by atoms with Crippen molar-refractivity contribution < 1.29 is 9.47 Å². The summed E-state index contributed by atoms with van der Waals surface area (Å²) in [5.74, 6) is 2.00. The van der Waals surface area contributed by atoms with Crippen molar-refractivity contribution in [2.24, 2.45) is 11.8 Å². The molecule has 2 unspecified atom stereocenters. The Morgan fingerprint density at radius 3 is 2.53 bits per heavy atom. The highest BCUT2D eigenvalue weighted by atomic mass is 16.5. The van der Waals surface area contributed by atoms with Gasteiger partial charge in [0.25, 0.3) is 0 Å². The van der Waals surface area contributed by atoms with E-state index in [0.29, 0.717) is 0 Å². The average Bonchev–Trinajstić information content (AvgIpc) is 2.71. The molecular formula is C13H26O2. The summed E-state index contributed by atoms with van der Waals surface area (Å²) < 4.78 is 10.4. The lowest BCUT2D eigenvalue weighted by Crippen LogP contribution is -2.04. The molecule has 1 rings (SSSR count). The summed E-state index contributed by atoms with van der Waals surface area (Å²) in [5.41, 5.74) is 0. The van der Waals surface area contributed by atoms with Crippen LogP contribution >= 0.6 is 0 Å². The van der Waals surface area contributed by atoms with Crippen LogP contribution in [0.4, 0.5) is 0 Å². The molecule has 0 aliphatic heterocycles. The van der Waals surface area contributed by atoms with Crippen molar-refractivity contribution in [2.45, 2.75) is 45.4 Å². The predicted molar refractivity (Wildman–Crippen MR) is 63.1 cm³/mol. The van der Waals surface area contributed by atoms with Gasteiger partial charge in [0.15, 0.2) is 0 Å². The van der Waals surface area contributed by atoms with Crippen molar-refractivity contribution in [1.82, 2.24) is 0 Å². The Morgan fingerprint density at radius 1 is 1.07 bits per heavy atom. The third-order valence-corrected chi connectivity index (χ3v) is 3.56. The zero-order valence-corrected chi connectivity index (χ0v) is 10.3. The lowest BCUT2D eigenvalue weighted by atomic mass is 9.99. The quantitative estimate of drug-likeness (QED) is 0.577.